The van der Waals surface area contributed by atoms with Crippen LogP contribution in [0.3, 0.4) is 0 Å². The molecule has 1 N–H and O–H groups in total. The zero-order valence-corrected chi connectivity index (χ0v) is 15.6. The number of carbonyl (C=O) groups excluding carboxylic acids is 2. The highest BCUT2D eigenvalue weighted by atomic mass is 32.1. The zero-order chi connectivity index (χ0) is 20.3. The second-order valence-corrected chi connectivity index (χ2v) is 7.20. The molecule has 0 spiro atoms. The van der Waals surface area contributed by atoms with Gasteiger partial charge in [0.2, 0.25) is 5.91 Å². The van der Waals surface area contributed by atoms with Crippen molar-refractivity contribution >= 4 is 33.4 Å². The first kappa shape index (κ1) is 19.8. The number of aromatic nitrogens is 1. The average molecular weight is 407 g/mol. The van der Waals surface area contributed by atoms with Crippen LogP contribution in [0.15, 0.2) is 48.5 Å². The molecule has 0 fully saturated rings. The van der Waals surface area contributed by atoms with Crippen molar-refractivity contribution in [1.82, 2.24) is 15.2 Å². The molecule has 0 aliphatic carbocycles. The third-order valence-electron chi connectivity index (χ3n) is 4.01. The summed E-state index contributed by atoms with van der Waals surface area (Å²) in [7, 11) is 1.60. The molecular weight excluding hydrogens is 391 g/mol. The summed E-state index contributed by atoms with van der Waals surface area (Å²) in [6, 6.07) is 11.4. The lowest BCUT2D eigenvalue weighted by molar-refractivity contribution is -0.137. The highest BCUT2D eigenvalue weighted by Crippen LogP contribution is 2.29. The first-order chi connectivity index (χ1) is 13.2. The molecule has 0 radical (unpaired) electrons. The van der Waals surface area contributed by atoms with E-state index in [1.165, 1.54) is 16.2 Å². The van der Waals surface area contributed by atoms with E-state index >= 15 is 0 Å². The van der Waals surface area contributed by atoms with Gasteiger partial charge in [0.1, 0.15) is 5.01 Å². The van der Waals surface area contributed by atoms with Crippen LogP contribution in [0.2, 0.25) is 0 Å². The number of halogens is 3. The molecule has 1 aromatic heterocycles. The minimum absolute atomic E-state index is 0.0506. The van der Waals surface area contributed by atoms with E-state index in [1.54, 1.807) is 7.05 Å². The number of para-hydroxylation sites is 1. The van der Waals surface area contributed by atoms with Crippen LogP contribution >= 0.6 is 11.3 Å². The predicted octanol–water partition coefficient (Wildman–Crippen LogP) is 3.70. The third-order valence-corrected chi connectivity index (χ3v) is 5.03. The average Bonchev–Trinajstić information content (AvgIpc) is 3.07. The Morgan fingerprint density at radius 3 is 2.43 bits per heavy atom. The van der Waals surface area contributed by atoms with Crippen LogP contribution in [0.1, 0.15) is 20.9 Å². The smallest absolute Gasteiger partial charge is 0.343 e. The zero-order valence-electron chi connectivity index (χ0n) is 14.8. The van der Waals surface area contributed by atoms with Crippen LogP contribution in [-0.4, -0.2) is 35.3 Å². The summed E-state index contributed by atoms with van der Waals surface area (Å²) in [6.45, 7) is 0.0373. The standard InChI is InChI=1S/C19H16F3N3O2S/c1-25(11-16-24-14-4-2-3-5-15(14)28-16)17(26)10-23-18(27)12-6-8-13(9-7-12)19(20,21)22/h2-9H,10-11H2,1H3,(H,23,27). The summed E-state index contributed by atoms with van der Waals surface area (Å²) in [6.07, 6.45) is -4.46. The van der Waals surface area contributed by atoms with E-state index < -0.39 is 17.6 Å². The fourth-order valence-electron chi connectivity index (χ4n) is 2.48. The first-order valence-electron chi connectivity index (χ1n) is 8.28. The second kappa shape index (κ2) is 7.97. The number of amides is 2. The molecule has 1 heterocycles. The second-order valence-electron chi connectivity index (χ2n) is 6.08. The highest BCUT2D eigenvalue weighted by molar-refractivity contribution is 7.18. The Morgan fingerprint density at radius 1 is 1.11 bits per heavy atom. The van der Waals surface area contributed by atoms with Crippen LogP contribution in [0.5, 0.6) is 0 Å². The Morgan fingerprint density at radius 2 is 1.79 bits per heavy atom. The number of likely N-dealkylation sites (N-methyl/N-ethyl adjacent to an activating group) is 1. The number of benzene rings is 2. The minimum Gasteiger partial charge on any atom is -0.343 e. The molecular formula is C19H16F3N3O2S. The molecule has 0 atom stereocenters. The molecule has 5 nitrogen and oxygen atoms in total. The predicted molar refractivity (Wildman–Crippen MR) is 99.9 cm³/mol. The van der Waals surface area contributed by atoms with Crippen molar-refractivity contribution in [1.29, 1.82) is 0 Å². The molecule has 0 aliphatic heterocycles. The van der Waals surface area contributed by atoms with Gasteiger partial charge in [-0.05, 0) is 36.4 Å². The Labute approximate surface area is 162 Å². The highest BCUT2D eigenvalue weighted by Gasteiger charge is 2.30. The van der Waals surface area contributed by atoms with Crippen LogP contribution in [-0.2, 0) is 17.5 Å². The van der Waals surface area contributed by atoms with Gasteiger partial charge in [0.15, 0.2) is 0 Å². The van der Waals surface area contributed by atoms with Crippen LogP contribution < -0.4 is 5.32 Å². The van der Waals surface area contributed by atoms with Crippen LogP contribution in [0.4, 0.5) is 13.2 Å². The lowest BCUT2D eigenvalue weighted by Gasteiger charge is -2.16. The van der Waals surface area contributed by atoms with Gasteiger partial charge in [-0.25, -0.2) is 4.98 Å². The largest absolute Gasteiger partial charge is 0.416 e. The summed E-state index contributed by atoms with van der Waals surface area (Å²) >= 11 is 1.48. The van der Waals surface area contributed by atoms with Crippen molar-refractivity contribution in [2.75, 3.05) is 13.6 Å². The summed E-state index contributed by atoms with van der Waals surface area (Å²) in [5.41, 5.74) is 0.0734. The molecule has 0 saturated heterocycles. The summed E-state index contributed by atoms with van der Waals surface area (Å²) in [5, 5.41) is 3.19. The van der Waals surface area contributed by atoms with E-state index in [1.807, 2.05) is 24.3 Å². The van der Waals surface area contributed by atoms with Crippen LogP contribution in [0.25, 0.3) is 10.2 Å². The van der Waals surface area contributed by atoms with Gasteiger partial charge in [0, 0.05) is 12.6 Å². The third kappa shape index (κ3) is 4.66. The van der Waals surface area contributed by atoms with Gasteiger partial charge in [-0.3, -0.25) is 9.59 Å². The Kier molecular flexibility index (Phi) is 5.64. The summed E-state index contributed by atoms with van der Waals surface area (Å²) in [4.78, 5) is 30.1. The number of rotatable bonds is 5. The number of carbonyl (C=O) groups is 2. The normalized spacial score (nSPS) is 11.4. The Balaban J connectivity index is 1.54. The number of alkyl halides is 3. The maximum atomic E-state index is 12.6. The molecule has 9 heteroatoms. The molecule has 3 aromatic rings. The Hall–Kier alpha value is -2.94. The SMILES string of the molecule is CN(Cc1nc2ccccc2s1)C(=O)CNC(=O)c1ccc(C(F)(F)F)cc1. The fourth-order valence-corrected chi connectivity index (χ4v) is 3.50. The molecule has 28 heavy (non-hydrogen) atoms. The molecule has 146 valence electrons. The van der Waals surface area contributed by atoms with Gasteiger partial charge < -0.3 is 10.2 Å². The van der Waals surface area contributed by atoms with Gasteiger partial charge in [0.25, 0.3) is 5.91 Å². The summed E-state index contributed by atoms with van der Waals surface area (Å²) < 4.78 is 38.7. The maximum absolute atomic E-state index is 12.6. The van der Waals surface area contributed by atoms with Gasteiger partial charge in [0.05, 0.1) is 28.9 Å². The molecule has 0 aliphatic rings. The van der Waals surface area contributed by atoms with Crippen molar-refractivity contribution in [3.63, 3.8) is 0 Å². The number of nitrogens with zero attached hydrogens (tertiary/aromatic N) is 2. The van der Waals surface area contributed by atoms with Gasteiger partial charge in [-0.2, -0.15) is 13.2 Å². The van der Waals surface area contributed by atoms with Gasteiger partial charge in [-0.1, -0.05) is 12.1 Å². The van der Waals surface area contributed by atoms with E-state index in [0.717, 1.165) is 39.5 Å². The fraction of sp³-hybridized carbons (Fsp3) is 0.211. The topological polar surface area (TPSA) is 62.3 Å². The monoisotopic (exact) mass is 407 g/mol. The number of thiazole rings is 1. The van der Waals surface area contributed by atoms with Gasteiger partial charge >= 0.3 is 6.18 Å². The summed E-state index contributed by atoms with van der Waals surface area (Å²) in [5.74, 6) is -0.949. The van der Waals surface area contributed by atoms with Crippen molar-refractivity contribution in [3.8, 4) is 0 Å². The minimum atomic E-state index is -4.46. The number of fused-ring (bicyclic) bond motifs is 1. The maximum Gasteiger partial charge on any atom is 0.416 e. The Bertz CT molecular complexity index is 967. The van der Waals surface area contributed by atoms with E-state index in [9.17, 15) is 22.8 Å². The number of nitrogens with one attached hydrogen (secondary N) is 1. The molecule has 0 unspecified atom stereocenters. The van der Waals surface area contributed by atoms with E-state index in [0.29, 0.717) is 6.54 Å². The molecule has 0 saturated carbocycles. The van der Waals surface area contributed by atoms with E-state index in [-0.39, 0.29) is 18.0 Å². The van der Waals surface area contributed by atoms with Crippen molar-refractivity contribution < 1.29 is 22.8 Å². The molecule has 0 bridgehead atoms. The molecule has 2 aromatic carbocycles. The molecule has 3 rings (SSSR count). The van der Waals surface area contributed by atoms with Gasteiger partial charge in [-0.15, -0.1) is 11.3 Å². The lowest BCUT2D eigenvalue weighted by Crippen LogP contribution is -2.37. The molecule has 2 amide bonds. The lowest BCUT2D eigenvalue weighted by atomic mass is 10.1. The van der Waals surface area contributed by atoms with Crippen molar-refractivity contribution in [2.45, 2.75) is 12.7 Å². The van der Waals surface area contributed by atoms with Crippen molar-refractivity contribution in [2.24, 2.45) is 0 Å². The van der Waals surface area contributed by atoms with Crippen LogP contribution in [0, 0.1) is 0 Å². The van der Waals surface area contributed by atoms with E-state index in [2.05, 4.69) is 10.3 Å². The first-order valence-corrected chi connectivity index (χ1v) is 9.09. The van der Waals surface area contributed by atoms with Crippen molar-refractivity contribution in [3.05, 3.63) is 64.7 Å². The number of hydrogen-bond donors (Lipinski definition) is 1. The quantitative estimate of drug-likeness (QED) is 0.702. The number of hydrogen-bond acceptors (Lipinski definition) is 4. The van der Waals surface area contributed by atoms with E-state index in [4.69, 9.17) is 0 Å².